The fraction of sp³-hybridized carbons (Fsp3) is 0.762. The quantitative estimate of drug-likeness (QED) is 0.539. The van der Waals surface area contributed by atoms with Gasteiger partial charge in [0.05, 0.1) is 18.2 Å². The average molecular weight is 453 g/mol. The molecule has 2 N–H and O–H groups in total. The van der Waals surface area contributed by atoms with Gasteiger partial charge >= 0.3 is 5.97 Å². The van der Waals surface area contributed by atoms with E-state index in [1.165, 1.54) is 16.7 Å². The highest BCUT2D eigenvalue weighted by molar-refractivity contribution is 8.02. The molecule has 0 aromatic heterocycles. The molecule has 10 heteroatoms. The van der Waals surface area contributed by atoms with Crippen molar-refractivity contribution >= 4 is 29.5 Å². The first-order valence-corrected chi connectivity index (χ1v) is 11.8. The lowest BCUT2D eigenvalue weighted by Crippen LogP contribution is -2.76. The van der Waals surface area contributed by atoms with E-state index in [-0.39, 0.29) is 40.8 Å². The third kappa shape index (κ3) is 3.48. The zero-order valence-electron chi connectivity index (χ0n) is 18.5. The van der Waals surface area contributed by atoms with Gasteiger partial charge in [0.25, 0.3) is 0 Å². The number of hydrogen-bond acceptors (Lipinski definition) is 7. The molecule has 0 bridgehead atoms. The minimum atomic E-state index is -1.12. The maximum Gasteiger partial charge on any atom is 0.352 e. The number of likely N-dealkylation sites (tertiary alicyclic amines) is 1. The van der Waals surface area contributed by atoms with Crippen LogP contribution in [0.25, 0.3) is 0 Å². The molecule has 9 nitrogen and oxygen atoms in total. The molecule has 2 unspecified atom stereocenters. The van der Waals surface area contributed by atoms with E-state index >= 15 is 0 Å². The number of thioether (sulfide) groups is 1. The number of hydrogen-bond donors (Lipinski definition) is 2. The predicted octanol–water partition coefficient (Wildman–Crippen LogP) is -0.485. The van der Waals surface area contributed by atoms with Crippen LogP contribution in [0.15, 0.2) is 11.8 Å². The number of β-lactam (4-membered cyclic amide) rings is 1. The Labute approximate surface area is 187 Å². The van der Waals surface area contributed by atoms with Crippen LogP contribution in [0.4, 0.5) is 0 Å². The Hall–Kier alpha value is -1.62. The smallest absolute Gasteiger partial charge is 0.352 e. The van der Waals surface area contributed by atoms with Crippen molar-refractivity contribution in [3.63, 3.8) is 0 Å². The molecule has 4 aliphatic rings. The first kappa shape index (κ1) is 22.6. The minimum Gasteiger partial charge on any atom is -0.477 e. The van der Waals surface area contributed by atoms with Crippen LogP contribution in [0.1, 0.15) is 20.3 Å². The zero-order chi connectivity index (χ0) is 22.7. The molecule has 0 aliphatic carbocycles. The van der Waals surface area contributed by atoms with Crippen molar-refractivity contribution in [1.82, 2.24) is 19.6 Å². The number of carboxylic acids is 1. The van der Waals surface area contributed by atoms with Gasteiger partial charge in [-0.1, -0.05) is 6.92 Å². The lowest BCUT2D eigenvalue weighted by molar-refractivity contribution is -0.158. The monoisotopic (exact) mass is 452 g/mol. The van der Waals surface area contributed by atoms with Crippen molar-refractivity contribution in [2.45, 2.75) is 48.5 Å². The highest BCUT2D eigenvalue weighted by atomic mass is 32.2. The molecule has 3 fully saturated rings. The maximum atomic E-state index is 13.2. The number of amides is 2. The number of rotatable bonds is 5. The molecule has 2 amide bonds. The molecule has 3 saturated heterocycles. The summed E-state index contributed by atoms with van der Waals surface area (Å²) >= 11 is 1.44. The number of carboxylic acid groups (broad SMARTS) is 1. The molecule has 6 atom stereocenters. The largest absolute Gasteiger partial charge is 0.477 e. The lowest BCUT2D eigenvalue weighted by atomic mass is 9.78. The first-order chi connectivity index (χ1) is 14.6. The van der Waals surface area contributed by atoms with Crippen LogP contribution < -0.4 is 0 Å². The van der Waals surface area contributed by atoms with Crippen molar-refractivity contribution in [3.8, 4) is 0 Å². The van der Waals surface area contributed by atoms with E-state index in [0.717, 1.165) is 26.2 Å². The number of fused-ring (bicyclic) bond motifs is 1. The molecule has 4 heterocycles. The van der Waals surface area contributed by atoms with Gasteiger partial charge in [-0.25, -0.2) is 4.79 Å². The number of carbonyl (C=O) groups is 3. The van der Waals surface area contributed by atoms with Crippen LogP contribution in [0, 0.1) is 5.92 Å². The van der Waals surface area contributed by atoms with Crippen molar-refractivity contribution < 1.29 is 24.6 Å². The van der Waals surface area contributed by atoms with E-state index in [9.17, 15) is 24.6 Å². The topological polar surface area (TPSA) is 105 Å². The highest BCUT2D eigenvalue weighted by Crippen LogP contribution is 2.55. The summed E-state index contributed by atoms with van der Waals surface area (Å²) in [5, 5.41) is 20.1. The van der Waals surface area contributed by atoms with Crippen molar-refractivity contribution in [2.24, 2.45) is 5.92 Å². The molecule has 0 spiro atoms. The SMILES string of the molecule is CC(O)C1(S[C@H]2C[C@@H](C(=O)N3CCN(C)CC3)N(C)C2)C(=O)N2C(C(=O)O)=C[C@@H](C)[C@H]21. The average Bonchev–Trinajstić information content (AvgIpc) is 3.23. The van der Waals surface area contributed by atoms with E-state index in [1.54, 1.807) is 13.0 Å². The van der Waals surface area contributed by atoms with Gasteiger partial charge in [0.15, 0.2) is 0 Å². The lowest BCUT2D eigenvalue weighted by Gasteiger charge is -2.56. The Morgan fingerprint density at radius 3 is 2.45 bits per heavy atom. The van der Waals surface area contributed by atoms with E-state index in [0.29, 0.717) is 13.0 Å². The van der Waals surface area contributed by atoms with Crippen LogP contribution in [0.5, 0.6) is 0 Å². The third-order valence-electron chi connectivity index (χ3n) is 7.26. The van der Waals surface area contributed by atoms with Crippen LogP contribution >= 0.6 is 11.8 Å². The molecule has 31 heavy (non-hydrogen) atoms. The van der Waals surface area contributed by atoms with Crippen molar-refractivity contribution in [1.29, 1.82) is 0 Å². The van der Waals surface area contributed by atoms with Gasteiger partial charge < -0.3 is 20.0 Å². The van der Waals surface area contributed by atoms with Crippen LogP contribution in [-0.4, -0.2) is 123 Å². The van der Waals surface area contributed by atoms with Gasteiger partial charge in [0, 0.05) is 38.0 Å². The number of aliphatic carboxylic acids is 1. The molecule has 0 saturated carbocycles. The highest BCUT2D eigenvalue weighted by Gasteiger charge is 2.69. The Bertz CT molecular complexity index is 812. The normalized spacial score (nSPS) is 37.5. The summed E-state index contributed by atoms with van der Waals surface area (Å²) in [6, 6.07) is -0.610. The number of aliphatic hydroxyl groups is 1. The van der Waals surface area contributed by atoms with Crippen LogP contribution in [-0.2, 0) is 14.4 Å². The molecule has 0 radical (unpaired) electrons. The van der Waals surface area contributed by atoms with Crippen LogP contribution in [0.2, 0.25) is 0 Å². The molecule has 4 rings (SSSR count). The number of likely N-dealkylation sites (N-methyl/N-ethyl adjacent to an activating group) is 2. The van der Waals surface area contributed by atoms with Crippen molar-refractivity contribution in [2.75, 3.05) is 46.8 Å². The van der Waals surface area contributed by atoms with Gasteiger partial charge in [-0.3, -0.25) is 19.4 Å². The number of nitrogens with zero attached hydrogens (tertiary/aromatic N) is 4. The van der Waals surface area contributed by atoms with Gasteiger partial charge in [-0.2, -0.15) is 0 Å². The minimum absolute atomic E-state index is 0.00559. The summed E-state index contributed by atoms with van der Waals surface area (Å²) in [5.74, 6) is -1.49. The van der Waals surface area contributed by atoms with Crippen LogP contribution in [0.3, 0.4) is 0 Å². The molecular formula is C21H32N4O5S. The maximum absolute atomic E-state index is 13.2. The first-order valence-electron chi connectivity index (χ1n) is 10.9. The van der Waals surface area contributed by atoms with E-state index < -0.39 is 16.8 Å². The molecule has 172 valence electrons. The Morgan fingerprint density at radius 1 is 1.23 bits per heavy atom. The van der Waals surface area contributed by atoms with E-state index in [1.807, 2.05) is 23.8 Å². The third-order valence-corrected chi connectivity index (χ3v) is 9.08. The summed E-state index contributed by atoms with van der Waals surface area (Å²) in [6.07, 6.45) is 1.30. The standard InChI is InChI=1S/C21H32N4O5S/c1-12-9-16(19(28)29)25-17(12)21(13(2)26,20(25)30)31-14-10-15(23(4)11-14)18(27)24-7-5-22(3)6-8-24/h9,12-15,17,26H,5-8,10-11H2,1-4H3,(H,28,29)/t12-,13?,14+,15+,17+,21?/m1/s1. The molecule has 0 aromatic rings. The second kappa shape index (κ2) is 8.06. The van der Waals surface area contributed by atoms with Crippen molar-refractivity contribution in [3.05, 3.63) is 11.8 Å². The summed E-state index contributed by atoms with van der Waals surface area (Å²) in [7, 11) is 3.99. The fourth-order valence-electron chi connectivity index (χ4n) is 5.53. The van der Waals surface area contributed by atoms with E-state index in [2.05, 4.69) is 11.9 Å². The fourth-order valence-corrected chi connectivity index (χ4v) is 7.53. The molecule has 4 aliphatic heterocycles. The second-order valence-corrected chi connectivity index (χ2v) is 10.9. The number of carbonyl (C=O) groups excluding carboxylic acids is 2. The zero-order valence-corrected chi connectivity index (χ0v) is 19.3. The molecular weight excluding hydrogens is 420 g/mol. The summed E-state index contributed by atoms with van der Waals surface area (Å²) in [5.41, 5.74) is 0.00559. The Morgan fingerprint density at radius 2 is 1.87 bits per heavy atom. The molecule has 0 aromatic carbocycles. The second-order valence-electron chi connectivity index (χ2n) is 9.36. The summed E-state index contributed by atoms with van der Waals surface area (Å²) in [4.78, 5) is 45.4. The van der Waals surface area contributed by atoms with Gasteiger partial charge in [-0.15, -0.1) is 11.8 Å². The van der Waals surface area contributed by atoms with Gasteiger partial charge in [-0.05, 0) is 39.4 Å². The predicted molar refractivity (Wildman–Crippen MR) is 116 cm³/mol. The number of aliphatic hydroxyl groups excluding tert-OH is 1. The Kier molecular flexibility index (Phi) is 5.87. The summed E-state index contributed by atoms with van der Waals surface area (Å²) < 4.78 is -1.08. The van der Waals surface area contributed by atoms with Gasteiger partial charge in [0.2, 0.25) is 11.8 Å². The van der Waals surface area contributed by atoms with E-state index in [4.69, 9.17) is 0 Å². The Balaban J connectivity index is 1.48. The number of piperazine rings is 1. The van der Waals surface area contributed by atoms with Gasteiger partial charge in [0.1, 0.15) is 10.4 Å². The summed E-state index contributed by atoms with van der Waals surface area (Å²) in [6.45, 7) is 7.34.